The highest BCUT2D eigenvalue weighted by Gasteiger charge is 2.21. The van der Waals surface area contributed by atoms with Crippen molar-refractivity contribution in [2.45, 2.75) is 26.8 Å². The van der Waals surface area contributed by atoms with Crippen molar-refractivity contribution < 1.29 is 4.74 Å². The minimum Gasteiger partial charge on any atom is -0.481 e. The molecule has 18 heavy (non-hydrogen) atoms. The van der Waals surface area contributed by atoms with Crippen LogP contribution in [0.15, 0.2) is 0 Å². The summed E-state index contributed by atoms with van der Waals surface area (Å²) in [6.07, 6.45) is 0. The molecule has 0 amide bonds. The third-order valence-corrected chi connectivity index (χ3v) is 4.20. The molecule has 2 N–H and O–H groups in total. The first-order valence-electron chi connectivity index (χ1n) is 5.76. The molecular formula is C12H18N4OS. The number of hydrogen-bond acceptors (Lipinski definition) is 5. The van der Waals surface area contributed by atoms with Gasteiger partial charge in [-0.15, -0.1) is 11.3 Å². The molecule has 2 rings (SSSR count). The Morgan fingerprint density at radius 1 is 1.33 bits per heavy atom. The van der Waals surface area contributed by atoms with Gasteiger partial charge in [0.25, 0.3) is 0 Å². The van der Waals surface area contributed by atoms with E-state index in [1.807, 2.05) is 27.8 Å². The molecule has 0 aliphatic heterocycles. The standard InChI is InChI=1S/C12H18N4OS/c1-6(13)10-8(3)14-11(18-10)9-7(2)15-16(4)12(9)17-5/h6H,13H2,1-5H3. The number of rotatable bonds is 3. The number of ether oxygens (including phenoxy) is 1. The van der Waals surface area contributed by atoms with Gasteiger partial charge in [-0.3, -0.25) is 0 Å². The van der Waals surface area contributed by atoms with Crippen LogP contribution in [0, 0.1) is 13.8 Å². The van der Waals surface area contributed by atoms with Crippen LogP contribution in [0.3, 0.4) is 0 Å². The van der Waals surface area contributed by atoms with E-state index >= 15 is 0 Å². The van der Waals surface area contributed by atoms with Gasteiger partial charge >= 0.3 is 0 Å². The maximum atomic E-state index is 5.94. The van der Waals surface area contributed by atoms with E-state index in [0.29, 0.717) is 0 Å². The minimum atomic E-state index is -0.000720. The summed E-state index contributed by atoms with van der Waals surface area (Å²) in [6, 6.07) is -0.000720. The molecule has 0 saturated heterocycles. The lowest BCUT2D eigenvalue weighted by Crippen LogP contribution is -2.03. The Morgan fingerprint density at radius 3 is 2.50 bits per heavy atom. The molecular weight excluding hydrogens is 248 g/mol. The summed E-state index contributed by atoms with van der Waals surface area (Å²) in [5, 5.41) is 5.29. The van der Waals surface area contributed by atoms with Crippen LogP contribution in [0.2, 0.25) is 0 Å². The first-order chi connectivity index (χ1) is 8.45. The van der Waals surface area contributed by atoms with E-state index in [0.717, 1.165) is 32.7 Å². The molecule has 98 valence electrons. The van der Waals surface area contributed by atoms with Crippen molar-refractivity contribution in [3.05, 3.63) is 16.3 Å². The van der Waals surface area contributed by atoms with E-state index in [-0.39, 0.29) is 6.04 Å². The zero-order valence-corrected chi connectivity index (χ0v) is 12.1. The molecule has 0 radical (unpaired) electrons. The van der Waals surface area contributed by atoms with Gasteiger partial charge < -0.3 is 10.5 Å². The highest BCUT2D eigenvalue weighted by atomic mass is 32.1. The fourth-order valence-corrected chi connectivity index (χ4v) is 3.16. The number of aryl methyl sites for hydroxylation is 3. The van der Waals surface area contributed by atoms with Crippen LogP contribution in [0.5, 0.6) is 5.88 Å². The normalized spacial score (nSPS) is 12.8. The molecule has 0 aliphatic rings. The van der Waals surface area contributed by atoms with Crippen LogP contribution in [0.4, 0.5) is 0 Å². The molecule has 0 aliphatic carbocycles. The molecule has 1 atom stereocenters. The maximum Gasteiger partial charge on any atom is 0.222 e. The van der Waals surface area contributed by atoms with Gasteiger partial charge in [0.05, 0.1) is 24.1 Å². The van der Waals surface area contributed by atoms with Gasteiger partial charge in [0.1, 0.15) is 5.01 Å². The zero-order valence-electron chi connectivity index (χ0n) is 11.3. The smallest absolute Gasteiger partial charge is 0.222 e. The van der Waals surface area contributed by atoms with E-state index < -0.39 is 0 Å². The van der Waals surface area contributed by atoms with Gasteiger partial charge in [-0.05, 0) is 20.8 Å². The summed E-state index contributed by atoms with van der Waals surface area (Å²) in [5.41, 5.74) is 8.79. The molecule has 6 heteroatoms. The second kappa shape index (κ2) is 4.70. The molecule has 1 unspecified atom stereocenters. The van der Waals surface area contributed by atoms with E-state index in [4.69, 9.17) is 10.5 Å². The van der Waals surface area contributed by atoms with Gasteiger partial charge in [-0.1, -0.05) is 0 Å². The largest absolute Gasteiger partial charge is 0.481 e. The predicted octanol–water partition coefficient (Wildman–Crippen LogP) is 2.19. The molecule has 5 nitrogen and oxygen atoms in total. The second-order valence-electron chi connectivity index (χ2n) is 4.35. The van der Waals surface area contributed by atoms with Crippen molar-refractivity contribution in [3.8, 4) is 16.5 Å². The maximum absolute atomic E-state index is 5.94. The van der Waals surface area contributed by atoms with Crippen LogP contribution in [0.1, 0.15) is 29.2 Å². The van der Waals surface area contributed by atoms with Gasteiger partial charge in [-0.25, -0.2) is 9.67 Å². The minimum absolute atomic E-state index is 0.000720. The Labute approximate surface area is 111 Å². The predicted molar refractivity (Wildman–Crippen MR) is 72.9 cm³/mol. The van der Waals surface area contributed by atoms with Crippen molar-refractivity contribution in [3.63, 3.8) is 0 Å². The molecule has 0 spiro atoms. The average molecular weight is 266 g/mol. The van der Waals surface area contributed by atoms with Gasteiger partial charge in [0, 0.05) is 18.0 Å². The Balaban J connectivity index is 2.59. The van der Waals surface area contributed by atoms with Crippen LogP contribution in [-0.4, -0.2) is 21.9 Å². The fraction of sp³-hybridized carbons (Fsp3) is 0.500. The number of nitrogens with zero attached hydrogens (tertiary/aromatic N) is 3. The molecule has 2 heterocycles. The third kappa shape index (κ3) is 2.02. The molecule has 2 aromatic heterocycles. The van der Waals surface area contributed by atoms with Crippen LogP contribution in [-0.2, 0) is 7.05 Å². The van der Waals surface area contributed by atoms with Gasteiger partial charge in [0.15, 0.2) is 0 Å². The van der Waals surface area contributed by atoms with Crippen molar-refractivity contribution in [2.75, 3.05) is 7.11 Å². The number of aromatic nitrogens is 3. The lowest BCUT2D eigenvalue weighted by molar-refractivity contribution is 0.375. The Kier molecular flexibility index (Phi) is 3.41. The zero-order chi connectivity index (χ0) is 13.4. The first kappa shape index (κ1) is 13.0. The summed E-state index contributed by atoms with van der Waals surface area (Å²) in [6.45, 7) is 5.91. The topological polar surface area (TPSA) is 66.0 Å². The average Bonchev–Trinajstić information content (AvgIpc) is 2.78. The SMILES string of the molecule is COc1c(-c2nc(C)c(C(C)N)s2)c(C)nn1C. The van der Waals surface area contributed by atoms with E-state index in [2.05, 4.69) is 10.1 Å². The summed E-state index contributed by atoms with van der Waals surface area (Å²) >= 11 is 1.61. The van der Waals surface area contributed by atoms with Crippen molar-refractivity contribution in [1.82, 2.24) is 14.8 Å². The van der Waals surface area contributed by atoms with E-state index in [9.17, 15) is 0 Å². The van der Waals surface area contributed by atoms with Crippen LogP contribution in [0.25, 0.3) is 10.6 Å². The fourth-order valence-electron chi connectivity index (χ4n) is 2.05. The van der Waals surface area contributed by atoms with Crippen molar-refractivity contribution in [1.29, 1.82) is 0 Å². The Bertz CT molecular complexity index is 571. The molecule has 0 saturated carbocycles. The van der Waals surface area contributed by atoms with Crippen LogP contribution < -0.4 is 10.5 Å². The van der Waals surface area contributed by atoms with Gasteiger partial charge in [-0.2, -0.15) is 5.10 Å². The Morgan fingerprint density at radius 2 is 2.00 bits per heavy atom. The summed E-state index contributed by atoms with van der Waals surface area (Å²) in [5.74, 6) is 0.734. The number of hydrogen-bond donors (Lipinski definition) is 1. The third-order valence-electron chi connectivity index (χ3n) is 2.82. The molecule has 0 aromatic carbocycles. The molecule has 0 bridgehead atoms. The van der Waals surface area contributed by atoms with E-state index in [1.54, 1.807) is 23.1 Å². The quantitative estimate of drug-likeness (QED) is 0.924. The van der Waals surface area contributed by atoms with Crippen molar-refractivity contribution in [2.24, 2.45) is 12.8 Å². The van der Waals surface area contributed by atoms with Crippen molar-refractivity contribution >= 4 is 11.3 Å². The van der Waals surface area contributed by atoms with Crippen LogP contribution >= 0.6 is 11.3 Å². The lowest BCUT2D eigenvalue weighted by atomic mass is 10.2. The number of methoxy groups -OCH3 is 1. The Hall–Kier alpha value is -1.40. The number of thiazole rings is 1. The number of nitrogens with two attached hydrogens (primary N) is 1. The first-order valence-corrected chi connectivity index (χ1v) is 6.58. The summed E-state index contributed by atoms with van der Waals surface area (Å²) in [7, 11) is 3.51. The highest BCUT2D eigenvalue weighted by molar-refractivity contribution is 7.15. The molecule has 0 fully saturated rings. The second-order valence-corrected chi connectivity index (χ2v) is 5.38. The molecule has 2 aromatic rings. The lowest BCUT2D eigenvalue weighted by Gasteiger charge is -2.02. The van der Waals surface area contributed by atoms with E-state index in [1.165, 1.54) is 0 Å². The highest BCUT2D eigenvalue weighted by Crippen LogP contribution is 2.37. The monoisotopic (exact) mass is 266 g/mol. The summed E-state index contributed by atoms with van der Waals surface area (Å²) < 4.78 is 7.13. The summed E-state index contributed by atoms with van der Waals surface area (Å²) in [4.78, 5) is 5.70. The van der Waals surface area contributed by atoms with Gasteiger partial charge in [0.2, 0.25) is 5.88 Å².